The normalized spacial score (nSPS) is 10.3. The van der Waals surface area contributed by atoms with E-state index in [-0.39, 0.29) is 0 Å². The van der Waals surface area contributed by atoms with Crippen LogP contribution in [0, 0.1) is 0 Å². The maximum absolute atomic E-state index is 5.77. The third-order valence-electron chi connectivity index (χ3n) is 2.88. The number of methoxy groups -OCH3 is 1. The summed E-state index contributed by atoms with van der Waals surface area (Å²) in [5.41, 5.74) is 7.57. The fourth-order valence-electron chi connectivity index (χ4n) is 1.86. The number of nitrogens with two attached hydrogens (primary N) is 1. The highest BCUT2D eigenvalue weighted by atomic mass is 16.5. The van der Waals surface area contributed by atoms with Crippen molar-refractivity contribution >= 4 is 0 Å². The zero-order valence-electron chi connectivity index (χ0n) is 11.8. The molecule has 2 aromatic rings. The lowest BCUT2D eigenvalue weighted by Gasteiger charge is -2.11. The van der Waals surface area contributed by atoms with Crippen molar-refractivity contribution in [3.8, 4) is 17.4 Å². The van der Waals surface area contributed by atoms with E-state index in [0.717, 1.165) is 24.1 Å². The smallest absolute Gasteiger partial charge is 0.222 e. The highest BCUT2D eigenvalue weighted by Gasteiger charge is 2.08. The molecule has 0 spiro atoms. The van der Waals surface area contributed by atoms with Gasteiger partial charge in [-0.15, -0.1) is 0 Å². The van der Waals surface area contributed by atoms with E-state index in [2.05, 4.69) is 16.9 Å². The molecule has 0 aliphatic carbocycles. The fourth-order valence-corrected chi connectivity index (χ4v) is 1.86. The molecule has 2 rings (SSSR count). The lowest BCUT2D eigenvalue weighted by molar-refractivity contribution is 0.373. The summed E-state index contributed by atoms with van der Waals surface area (Å²) in [5, 5.41) is 0. The van der Waals surface area contributed by atoms with Gasteiger partial charge in [0.2, 0.25) is 5.88 Å². The molecule has 5 heteroatoms. The molecule has 0 radical (unpaired) electrons. The molecule has 0 fully saturated rings. The summed E-state index contributed by atoms with van der Waals surface area (Å²) < 4.78 is 11.1. The van der Waals surface area contributed by atoms with Crippen molar-refractivity contribution in [2.24, 2.45) is 5.73 Å². The fraction of sp³-hybridized carbons (Fsp3) is 0.333. The van der Waals surface area contributed by atoms with Crippen LogP contribution in [0.1, 0.15) is 24.6 Å². The van der Waals surface area contributed by atoms with Crippen molar-refractivity contribution in [3.05, 3.63) is 41.9 Å². The molecule has 5 nitrogen and oxygen atoms in total. The second-order valence-electron chi connectivity index (χ2n) is 4.39. The zero-order valence-corrected chi connectivity index (χ0v) is 11.8. The molecule has 0 unspecified atom stereocenters. The van der Waals surface area contributed by atoms with Crippen LogP contribution < -0.4 is 15.2 Å². The summed E-state index contributed by atoms with van der Waals surface area (Å²) in [6.07, 6.45) is 3.45. The van der Waals surface area contributed by atoms with E-state index < -0.39 is 0 Å². The minimum absolute atomic E-state index is 0.463. The number of rotatable bonds is 6. The van der Waals surface area contributed by atoms with Crippen LogP contribution in [0.5, 0.6) is 17.4 Å². The van der Waals surface area contributed by atoms with Crippen molar-refractivity contribution in [2.75, 3.05) is 7.11 Å². The summed E-state index contributed by atoms with van der Waals surface area (Å²) >= 11 is 0. The van der Waals surface area contributed by atoms with Crippen LogP contribution in [-0.4, -0.2) is 17.1 Å². The van der Waals surface area contributed by atoms with Gasteiger partial charge < -0.3 is 15.2 Å². The molecule has 0 amide bonds. The van der Waals surface area contributed by atoms with Gasteiger partial charge in [0, 0.05) is 18.3 Å². The minimum atomic E-state index is 0.463. The van der Waals surface area contributed by atoms with Gasteiger partial charge in [0.05, 0.1) is 7.11 Å². The van der Waals surface area contributed by atoms with Crippen molar-refractivity contribution in [3.63, 3.8) is 0 Å². The van der Waals surface area contributed by atoms with E-state index in [0.29, 0.717) is 23.9 Å². The third kappa shape index (κ3) is 3.45. The van der Waals surface area contributed by atoms with Crippen molar-refractivity contribution in [1.29, 1.82) is 0 Å². The predicted molar refractivity (Wildman–Crippen MR) is 77.0 cm³/mol. The highest BCUT2D eigenvalue weighted by Crippen LogP contribution is 2.31. The number of hydrogen-bond donors (Lipinski definition) is 1. The van der Waals surface area contributed by atoms with Crippen LogP contribution in [0.25, 0.3) is 0 Å². The predicted octanol–water partition coefficient (Wildman–Crippen LogP) is 2.69. The first kappa shape index (κ1) is 14.3. The third-order valence-corrected chi connectivity index (χ3v) is 2.88. The first-order valence-corrected chi connectivity index (χ1v) is 6.62. The maximum atomic E-state index is 5.77. The molecule has 0 atom stereocenters. The van der Waals surface area contributed by atoms with Gasteiger partial charge in [-0.2, -0.15) is 0 Å². The van der Waals surface area contributed by atoms with Crippen LogP contribution >= 0.6 is 0 Å². The van der Waals surface area contributed by atoms with Gasteiger partial charge in [-0.05, 0) is 24.1 Å². The Morgan fingerprint density at radius 2 is 2.00 bits per heavy atom. The Hall–Kier alpha value is -2.14. The highest BCUT2D eigenvalue weighted by molar-refractivity contribution is 5.44. The van der Waals surface area contributed by atoms with Gasteiger partial charge in [0.15, 0.2) is 11.5 Å². The van der Waals surface area contributed by atoms with E-state index in [1.165, 1.54) is 6.33 Å². The summed E-state index contributed by atoms with van der Waals surface area (Å²) in [5.74, 6) is 1.77. The Morgan fingerprint density at radius 3 is 2.70 bits per heavy atom. The number of hydrogen-bond acceptors (Lipinski definition) is 5. The van der Waals surface area contributed by atoms with Gasteiger partial charge in [0.1, 0.15) is 6.33 Å². The quantitative estimate of drug-likeness (QED) is 0.876. The second-order valence-corrected chi connectivity index (χ2v) is 4.39. The monoisotopic (exact) mass is 273 g/mol. The first-order valence-electron chi connectivity index (χ1n) is 6.62. The molecule has 106 valence electrons. The van der Waals surface area contributed by atoms with E-state index in [9.17, 15) is 0 Å². The molecular formula is C15H19N3O2. The van der Waals surface area contributed by atoms with Crippen LogP contribution in [-0.2, 0) is 13.0 Å². The topological polar surface area (TPSA) is 70.3 Å². The molecule has 1 aromatic heterocycles. The number of benzene rings is 1. The molecule has 2 N–H and O–H groups in total. The molecule has 0 bridgehead atoms. The molecule has 1 heterocycles. The number of ether oxygens (including phenoxy) is 2. The average molecular weight is 273 g/mol. The number of aromatic nitrogens is 2. The first-order chi connectivity index (χ1) is 9.76. The number of aryl methyl sites for hydroxylation is 1. The van der Waals surface area contributed by atoms with Crippen molar-refractivity contribution < 1.29 is 9.47 Å². The molecule has 0 aliphatic rings. The minimum Gasteiger partial charge on any atom is -0.493 e. The molecule has 0 saturated heterocycles. The van der Waals surface area contributed by atoms with Crippen molar-refractivity contribution in [1.82, 2.24) is 9.97 Å². The SMILES string of the molecule is CCCc1cc(Oc2ccc(CN)cc2OC)ncn1. The van der Waals surface area contributed by atoms with Gasteiger partial charge in [-0.1, -0.05) is 19.4 Å². The second kappa shape index (κ2) is 6.86. The van der Waals surface area contributed by atoms with Crippen molar-refractivity contribution in [2.45, 2.75) is 26.3 Å². The molecule has 0 saturated carbocycles. The molecular weight excluding hydrogens is 254 g/mol. The van der Waals surface area contributed by atoms with Crippen LogP contribution in [0.2, 0.25) is 0 Å². The molecule has 0 aliphatic heterocycles. The van der Waals surface area contributed by atoms with Crippen LogP contribution in [0.15, 0.2) is 30.6 Å². The van der Waals surface area contributed by atoms with E-state index in [4.69, 9.17) is 15.2 Å². The summed E-state index contributed by atoms with van der Waals surface area (Å²) in [4.78, 5) is 8.32. The van der Waals surface area contributed by atoms with Gasteiger partial charge in [0.25, 0.3) is 0 Å². The van der Waals surface area contributed by atoms with Crippen LogP contribution in [0.4, 0.5) is 0 Å². The lowest BCUT2D eigenvalue weighted by atomic mass is 10.2. The average Bonchev–Trinajstić information content (AvgIpc) is 2.48. The van der Waals surface area contributed by atoms with Crippen LogP contribution in [0.3, 0.4) is 0 Å². The van der Waals surface area contributed by atoms with E-state index >= 15 is 0 Å². The molecule has 1 aromatic carbocycles. The van der Waals surface area contributed by atoms with E-state index in [1.807, 2.05) is 24.3 Å². The summed E-state index contributed by atoms with van der Waals surface area (Å²) in [7, 11) is 1.60. The summed E-state index contributed by atoms with van der Waals surface area (Å²) in [6.45, 7) is 2.57. The Morgan fingerprint density at radius 1 is 1.15 bits per heavy atom. The lowest BCUT2D eigenvalue weighted by Crippen LogP contribution is -1.99. The number of nitrogens with zero attached hydrogens (tertiary/aromatic N) is 2. The molecule has 20 heavy (non-hydrogen) atoms. The van der Waals surface area contributed by atoms with Gasteiger partial charge >= 0.3 is 0 Å². The largest absolute Gasteiger partial charge is 0.493 e. The Kier molecular flexibility index (Phi) is 4.90. The Bertz CT molecular complexity index is 573. The Balaban J connectivity index is 2.22. The Labute approximate surface area is 118 Å². The van der Waals surface area contributed by atoms with Gasteiger partial charge in [-0.25, -0.2) is 9.97 Å². The van der Waals surface area contributed by atoms with Gasteiger partial charge in [-0.3, -0.25) is 0 Å². The summed E-state index contributed by atoms with van der Waals surface area (Å²) in [6, 6.07) is 7.46. The van der Waals surface area contributed by atoms with E-state index in [1.54, 1.807) is 7.11 Å². The standard InChI is InChI=1S/C15H19N3O2/c1-3-4-12-8-15(18-10-17-12)20-13-6-5-11(9-16)7-14(13)19-2/h5-8,10H,3-4,9,16H2,1-2H3. The zero-order chi connectivity index (χ0) is 14.4. The maximum Gasteiger partial charge on any atom is 0.222 e.